The summed E-state index contributed by atoms with van der Waals surface area (Å²) >= 11 is 2.31. The van der Waals surface area contributed by atoms with Crippen LogP contribution >= 0.6 is 22.6 Å². The van der Waals surface area contributed by atoms with Gasteiger partial charge in [0.25, 0.3) is 0 Å². The van der Waals surface area contributed by atoms with Gasteiger partial charge in [-0.05, 0) is 54.1 Å². The van der Waals surface area contributed by atoms with Crippen LogP contribution < -0.4 is 5.32 Å². The van der Waals surface area contributed by atoms with Gasteiger partial charge in [0.05, 0.1) is 12.5 Å². The number of nitriles is 1. The Labute approximate surface area is 98.5 Å². The molecule has 74 valence electrons. The number of nitrogens with one attached hydrogen (secondary N) is 1. The molecule has 0 spiro atoms. The van der Waals surface area contributed by atoms with Crippen molar-refractivity contribution in [3.63, 3.8) is 0 Å². The molecule has 0 aliphatic carbocycles. The van der Waals surface area contributed by atoms with E-state index in [4.69, 9.17) is 5.26 Å². The summed E-state index contributed by atoms with van der Waals surface area (Å²) < 4.78 is 1.25. The first-order valence-electron chi connectivity index (χ1n) is 4.53. The Balaban J connectivity index is 2.69. The second-order valence-corrected chi connectivity index (χ2v) is 4.53. The molecule has 0 saturated heterocycles. The minimum atomic E-state index is 0.207. The zero-order valence-electron chi connectivity index (χ0n) is 8.34. The molecule has 0 aliphatic heterocycles. The molecule has 2 nitrogen and oxygen atoms in total. The summed E-state index contributed by atoms with van der Waals surface area (Å²) in [5, 5.41) is 11.8. The fraction of sp³-hybridized carbons (Fsp3) is 0.364. The first kappa shape index (κ1) is 11.3. The highest BCUT2D eigenvalue weighted by molar-refractivity contribution is 14.1. The van der Waals surface area contributed by atoms with Gasteiger partial charge in [-0.15, -0.1) is 0 Å². The Morgan fingerprint density at radius 3 is 2.86 bits per heavy atom. The Kier molecular flexibility index (Phi) is 4.21. The Hall–Kier alpha value is -0.760. The van der Waals surface area contributed by atoms with Crippen molar-refractivity contribution in [2.24, 2.45) is 0 Å². The fourth-order valence-corrected chi connectivity index (χ4v) is 1.67. The lowest BCUT2D eigenvalue weighted by molar-refractivity contribution is 0.821. The summed E-state index contributed by atoms with van der Waals surface area (Å²) in [6, 6.07) is 8.59. The second-order valence-electron chi connectivity index (χ2n) is 3.37. The third-order valence-electron chi connectivity index (χ3n) is 1.98. The van der Waals surface area contributed by atoms with Crippen molar-refractivity contribution < 1.29 is 0 Å². The minimum Gasteiger partial charge on any atom is -0.382 e. The van der Waals surface area contributed by atoms with Crippen LogP contribution in [-0.4, -0.2) is 6.04 Å². The maximum atomic E-state index is 8.52. The molecule has 0 fully saturated rings. The highest BCUT2D eigenvalue weighted by Gasteiger charge is 2.02. The topological polar surface area (TPSA) is 35.8 Å². The van der Waals surface area contributed by atoms with Gasteiger partial charge in [0.1, 0.15) is 0 Å². The van der Waals surface area contributed by atoms with Gasteiger partial charge in [0.2, 0.25) is 0 Å². The van der Waals surface area contributed by atoms with Crippen LogP contribution in [0.2, 0.25) is 0 Å². The molecule has 0 bridgehead atoms. The van der Waals surface area contributed by atoms with Gasteiger partial charge in [-0.25, -0.2) is 0 Å². The normalized spacial score (nSPS) is 11.9. The van der Waals surface area contributed by atoms with E-state index in [9.17, 15) is 0 Å². The molecular weight excluding hydrogens is 287 g/mol. The van der Waals surface area contributed by atoms with Gasteiger partial charge in [-0.1, -0.05) is 6.07 Å². The predicted molar refractivity (Wildman–Crippen MR) is 67.2 cm³/mol. The maximum Gasteiger partial charge on any atom is 0.0643 e. The van der Waals surface area contributed by atoms with E-state index >= 15 is 0 Å². The van der Waals surface area contributed by atoms with Gasteiger partial charge < -0.3 is 5.32 Å². The van der Waals surface area contributed by atoms with Gasteiger partial charge in [-0.3, -0.25) is 0 Å². The zero-order chi connectivity index (χ0) is 10.6. The molecule has 1 unspecified atom stereocenters. The molecule has 0 aliphatic rings. The minimum absolute atomic E-state index is 0.207. The number of halogens is 1. The van der Waals surface area contributed by atoms with E-state index in [1.165, 1.54) is 9.13 Å². The molecule has 0 saturated carbocycles. The number of hydrogen-bond donors (Lipinski definition) is 1. The highest BCUT2D eigenvalue weighted by Crippen LogP contribution is 2.17. The predicted octanol–water partition coefficient (Wildman–Crippen LogP) is 3.31. The molecule has 1 aromatic carbocycles. The van der Waals surface area contributed by atoms with Gasteiger partial charge >= 0.3 is 0 Å². The summed E-state index contributed by atoms with van der Waals surface area (Å²) in [4.78, 5) is 0. The van der Waals surface area contributed by atoms with Crippen LogP contribution in [0.5, 0.6) is 0 Å². The quantitative estimate of drug-likeness (QED) is 0.869. The van der Waals surface area contributed by atoms with Crippen LogP contribution in [-0.2, 0) is 0 Å². The molecule has 1 atom stereocenters. The van der Waals surface area contributed by atoms with Crippen LogP contribution in [0.15, 0.2) is 18.2 Å². The monoisotopic (exact) mass is 300 g/mol. The lowest BCUT2D eigenvalue weighted by atomic mass is 10.2. The van der Waals surface area contributed by atoms with Gasteiger partial charge in [-0.2, -0.15) is 5.26 Å². The lowest BCUT2D eigenvalue weighted by Gasteiger charge is -2.12. The van der Waals surface area contributed by atoms with Crippen LogP contribution in [0.1, 0.15) is 18.9 Å². The SMILES string of the molecule is Cc1ccc(NC(C)CC#N)cc1I. The van der Waals surface area contributed by atoms with Crippen LogP contribution in [0, 0.1) is 21.8 Å². The first-order chi connectivity index (χ1) is 6.63. The van der Waals surface area contributed by atoms with E-state index in [2.05, 4.69) is 53.0 Å². The Bertz CT molecular complexity index is 355. The molecule has 14 heavy (non-hydrogen) atoms. The van der Waals surface area contributed by atoms with Crippen LogP contribution in [0.4, 0.5) is 5.69 Å². The Morgan fingerprint density at radius 2 is 2.29 bits per heavy atom. The van der Waals surface area contributed by atoms with Crippen molar-refractivity contribution in [1.82, 2.24) is 0 Å². The van der Waals surface area contributed by atoms with E-state index in [0.29, 0.717) is 6.42 Å². The number of aryl methyl sites for hydroxylation is 1. The fourth-order valence-electron chi connectivity index (χ4n) is 1.16. The average molecular weight is 300 g/mol. The second kappa shape index (κ2) is 5.20. The number of rotatable bonds is 3. The van der Waals surface area contributed by atoms with Crippen molar-refractivity contribution >= 4 is 28.3 Å². The number of hydrogen-bond acceptors (Lipinski definition) is 2. The smallest absolute Gasteiger partial charge is 0.0643 e. The molecule has 3 heteroatoms. The van der Waals surface area contributed by atoms with Crippen molar-refractivity contribution in [2.75, 3.05) is 5.32 Å². The average Bonchev–Trinajstić information content (AvgIpc) is 2.12. The van der Waals surface area contributed by atoms with Crippen molar-refractivity contribution in [3.05, 3.63) is 27.3 Å². The molecule has 0 aromatic heterocycles. The zero-order valence-corrected chi connectivity index (χ0v) is 10.5. The van der Waals surface area contributed by atoms with Crippen LogP contribution in [0.3, 0.4) is 0 Å². The molecule has 1 N–H and O–H groups in total. The molecule has 0 radical (unpaired) electrons. The third-order valence-corrected chi connectivity index (χ3v) is 3.14. The number of benzene rings is 1. The number of anilines is 1. The van der Waals surface area contributed by atoms with Crippen LogP contribution in [0.25, 0.3) is 0 Å². The summed E-state index contributed by atoms with van der Waals surface area (Å²) in [6.45, 7) is 4.10. The van der Waals surface area contributed by atoms with Crippen molar-refractivity contribution in [1.29, 1.82) is 5.26 Å². The molecule has 1 rings (SSSR count). The third kappa shape index (κ3) is 3.18. The highest BCUT2D eigenvalue weighted by atomic mass is 127. The molecule has 0 amide bonds. The van der Waals surface area contributed by atoms with E-state index in [-0.39, 0.29) is 6.04 Å². The molecular formula is C11H13IN2. The maximum absolute atomic E-state index is 8.52. The summed E-state index contributed by atoms with van der Waals surface area (Å²) in [5.74, 6) is 0. The Morgan fingerprint density at radius 1 is 1.57 bits per heavy atom. The van der Waals surface area contributed by atoms with E-state index < -0.39 is 0 Å². The van der Waals surface area contributed by atoms with Crippen molar-refractivity contribution in [3.8, 4) is 6.07 Å². The summed E-state index contributed by atoms with van der Waals surface area (Å²) in [6.07, 6.45) is 0.532. The largest absolute Gasteiger partial charge is 0.382 e. The molecule has 0 heterocycles. The first-order valence-corrected chi connectivity index (χ1v) is 5.61. The van der Waals surface area contributed by atoms with E-state index in [1.807, 2.05) is 13.0 Å². The van der Waals surface area contributed by atoms with E-state index in [0.717, 1.165) is 5.69 Å². The van der Waals surface area contributed by atoms with Gasteiger partial charge in [0.15, 0.2) is 0 Å². The lowest BCUT2D eigenvalue weighted by Crippen LogP contribution is -2.14. The standard InChI is InChI=1S/C11H13IN2/c1-8-3-4-10(7-11(8)12)14-9(2)5-6-13/h3-4,7,9,14H,5H2,1-2H3. The summed E-state index contributed by atoms with van der Waals surface area (Å²) in [5.41, 5.74) is 2.37. The van der Waals surface area contributed by atoms with E-state index in [1.54, 1.807) is 0 Å². The summed E-state index contributed by atoms with van der Waals surface area (Å²) in [7, 11) is 0. The number of nitrogens with zero attached hydrogens (tertiary/aromatic N) is 1. The molecule has 1 aromatic rings. The van der Waals surface area contributed by atoms with Crippen molar-refractivity contribution in [2.45, 2.75) is 26.3 Å². The van der Waals surface area contributed by atoms with Gasteiger partial charge in [0, 0.05) is 15.3 Å².